The predicted octanol–water partition coefficient (Wildman–Crippen LogP) is 4.15. The Balaban J connectivity index is 1.85. The molecule has 176 valence electrons. The van der Waals surface area contributed by atoms with Crippen molar-refractivity contribution in [2.45, 2.75) is 25.7 Å². The van der Waals surface area contributed by atoms with Gasteiger partial charge in [0.05, 0.1) is 34.5 Å². The lowest BCUT2D eigenvalue weighted by molar-refractivity contribution is -0.137. The number of aryl methyl sites for hydroxylation is 2. The van der Waals surface area contributed by atoms with Crippen LogP contribution in [0, 0.1) is 6.92 Å². The summed E-state index contributed by atoms with van der Waals surface area (Å²) >= 11 is 0. The first kappa shape index (κ1) is 22.2. The number of aromatic nitrogens is 3. The first-order valence-electron chi connectivity index (χ1n) is 10.8. The predicted molar refractivity (Wildman–Crippen MR) is 122 cm³/mol. The van der Waals surface area contributed by atoms with Gasteiger partial charge < -0.3 is 9.30 Å². The summed E-state index contributed by atoms with van der Waals surface area (Å²) in [5.41, 5.74) is 2.34. The van der Waals surface area contributed by atoms with Crippen LogP contribution in [0.25, 0.3) is 22.2 Å². The highest BCUT2D eigenvalue weighted by Gasteiger charge is 2.34. The molecule has 0 saturated carbocycles. The van der Waals surface area contributed by atoms with Gasteiger partial charge >= 0.3 is 11.9 Å². The minimum absolute atomic E-state index is 0.298. The number of fused-ring (bicyclic) bond motifs is 3. The van der Waals surface area contributed by atoms with Gasteiger partial charge in [-0.15, -0.1) is 0 Å². The first-order valence-corrected chi connectivity index (χ1v) is 10.8. The van der Waals surface area contributed by atoms with Crippen molar-refractivity contribution in [1.29, 1.82) is 0 Å². The smallest absolute Gasteiger partial charge is 0.365 e. The number of alkyl halides is 3. The molecule has 1 aliphatic heterocycles. The Morgan fingerprint density at radius 3 is 2.35 bits per heavy atom. The maximum Gasteiger partial charge on any atom is 0.416 e. The second-order valence-corrected chi connectivity index (χ2v) is 8.55. The number of rotatable bonds is 2. The number of ether oxygens (including phenoxy) is 1. The van der Waals surface area contributed by atoms with Gasteiger partial charge in [0, 0.05) is 20.6 Å². The van der Waals surface area contributed by atoms with Crippen molar-refractivity contribution in [2.24, 2.45) is 14.1 Å². The van der Waals surface area contributed by atoms with Gasteiger partial charge in [0.25, 0.3) is 5.56 Å². The molecule has 0 fully saturated rings. The molecular formula is C25H22F3N3O3. The minimum Gasteiger partial charge on any atom is -0.365 e. The molecule has 2 aromatic heterocycles. The third-order valence-electron chi connectivity index (χ3n) is 6.38. The van der Waals surface area contributed by atoms with Crippen molar-refractivity contribution < 1.29 is 17.9 Å². The lowest BCUT2D eigenvalue weighted by Crippen LogP contribution is -2.37. The third kappa shape index (κ3) is 3.30. The molecule has 0 saturated heterocycles. The van der Waals surface area contributed by atoms with Gasteiger partial charge in [0.1, 0.15) is 6.10 Å². The fraction of sp³-hybridized carbons (Fsp3) is 0.280. The molecule has 9 heteroatoms. The van der Waals surface area contributed by atoms with Crippen LogP contribution in [0.4, 0.5) is 13.2 Å². The second kappa shape index (κ2) is 7.73. The van der Waals surface area contributed by atoms with Crippen molar-refractivity contribution in [1.82, 2.24) is 13.7 Å². The van der Waals surface area contributed by atoms with Crippen LogP contribution in [0.1, 0.15) is 28.5 Å². The van der Waals surface area contributed by atoms with Gasteiger partial charge in [-0.3, -0.25) is 13.9 Å². The van der Waals surface area contributed by atoms with Gasteiger partial charge in [-0.2, -0.15) is 13.2 Å². The number of halogens is 3. The summed E-state index contributed by atoms with van der Waals surface area (Å²) in [5.74, 6) is 0. The molecule has 4 aromatic rings. The Kier molecular flexibility index (Phi) is 5.05. The normalized spacial score (nSPS) is 16.1. The molecule has 1 atom stereocenters. The van der Waals surface area contributed by atoms with Gasteiger partial charge in [-0.1, -0.05) is 35.9 Å². The Morgan fingerprint density at radius 1 is 1.00 bits per heavy atom. The van der Waals surface area contributed by atoms with Gasteiger partial charge in [-0.05, 0) is 36.2 Å². The fourth-order valence-electron chi connectivity index (χ4n) is 4.77. The van der Waals surface area contributed by atoms with Gasteiger partial charge in [0.15, 0.2) is 0 Å². The Morgan fingerprint density at radius 2 is 1.71 bits per heavy atom. The largest absolute Gasteiger partial charge is 0.416 e. The average Bonchev–Trinajstić information content (AvgIpc) is 3.16. The Bertz CT molecular complexity index is 1540. The molecule has 2 aromatic carbocycles. The summed E-state index contributed by atoms with van der Waals surface area (Å²) in [6.45, 7) is 2.68. The van der Waals surface area contributed by atoms with Crippen molar-refractivity contribution in [3.05, 3.63) is 91.8 Å². The molecule has 0 bridgehead atoms. The molecule has 0 amide bonds. The number of nitrogens with zero attached hydrogens (tertiary/aromatic N) is 3. The molecule has 0 aliphatic carbocycles. The zero-order valence-corrected chi connectivity index (χ0v) is 18.8. The van der Waals surface area contributed by atoms with E-state index >= 15 is 0 Å². The Hall–Kier alpha value is -3.59. The zero-order chi connectivity index (χ0) is 24.4. The summed E-state index contributed by atoms with van der Waals surface area (Å²) in [6, 6.07) is 12.5. The first-order chi connectivity index (χ1) is 16.1. The molecular weight excluding hydrogens is 447 g/mol. The zero-order valence-electron chi connectivity index (χ0n) is 18.8. The van der Waals surface area contributed by atoms with E-state index in [9.17, 15) is 22.8 Å². The summed E-state index contributed by atoms with van der Waals surface area (Å²) in [5, 5.41) is 0.382. The van der Waals surface area contributed by atoms with Gasteiger partial charge in [0.2, 0.25) is 0 Å². The second-order valence-electron chi connectivity index (χ2n) is 8.55. The van der Waals surface area contributed by atoms with Crippen molar-refractivity contribution in [3.8, 4) is 11.3 Å². The van der Waals surface area contributed by atoms with E-state index in [1.807, 2.05) is 35.8 Å². The van der Waals surface area contributed by atoms with Crippen LogP contribution in [-0.4, -0.2) is 20.3 Å². The molecule has 5 rings (SSSR count). The van der Waals surface area contributed by atoms with Crippen LogP contribution in [0.15, 0.2) is 58.1 Å². The van der Waals surface area contributed by atoms with Crippen molar-refractivity contribution in [2.75, 3.05) is 6.61 Å². The molecule has 3 heterocycles. The van der Waals surface area contributed by atoms with E-state index in [4.69, 9.17) is 4.74 Å². The van der Waals surface area contributed by atoms with E-state index in [0.29, 0.717) is 41.0 Å². The van der Waals surface area contributed by atoms with Crippen LogP contribution in [0.3, 0.4) is 0 Å². The molecule has 0 unspecified atom stereocenters. The highest BCUT2D eigenvalue weighted by Crippen LogP contribution is 2.41. The van der Waals surface area contributed by atoms with E-state index in [0.717, 1.165) is 27.8 Å². The van der Waals surface area contributed by atoms with Crippen LogP contribution < -0.4 is 11.2 Å². The molecule has 0 N–H and O–H groups in total. The SMILES string of the molecule is Cc1cccc(-c2c3c(=O)n(C)c(=O)n(C)c3c3n2CCO[C@H]3c2ccc(C(F)(F)F)cc2)c1. The van der Waals surface area contributed by atoms with E-state index in [-0.39, 0.29) is 0 Å². The van der Waals surface area contributed by atoms with E-state index in [2.05, 4.69) is 0 Å². The summed E-state index contributed by atoms with van der Waals surface area (Å²) in [4.78, 5) is 26.2. The molecule has 1 aliphatic rings. The van der Waals surface area contributed by atoms with Crippen LogP contribution >= 0.6 is 0 Å². The van der Waals surface area contributed by atoms with Crippen molar-refractivity contribution >= 4 is 10.9 Å². The van der Waals surface area contributed by atoms with Crippen LogP contribution in [0.2, 0.25) is 0 Å². The van der Waals surface area contributed by atoms with E-state index < -0.39 is 29.1 Å². The highest BCUT2D eigenvalue weighted by atomic mass is 19.4. The van der Waals surface area contributed by atoms with E-state index in [1.54, 1.807) is 7.05 Å². The molecule has 34 heavy (non-hydrogen) atoms. The van der Waals surface area contributed by atoms with Crippen LogP contribution in [-0.2, 0) is 31.6 Å². The number of hydrogen-bond acceptors (Lipinski definition) is 3. The van der Waals surface area contributed by atoms with Gasteiger partial charge in [-0.25, -0.2) is 4.79 Å². The maximum atomic E-state index is 13.4. The maximum absolute atomic E-state index is 13.4. The topological polar surface area (TPSA) is 58.2 Å². The van der Waals surface area contributed by atoms with Crippen molar-refractivity contribution in [3.63, 3.8) is 0 Å². The molecule has 0 spiro atoms. The molecule has 6 nitrogen and oxygen atoms in total. The van der Waals surface area contributed by atoms with Crippen LogP contribution in [0.5, 0.6) is 0 Å². The fourth-order valence-corrected chi connectivity index (χ4v) is 4.77. The lowest BCUT2D eigenvalue weighted by atomic mass is 10.0. The molecule has 0 radical (unpaired) electrons. The van der Waals surface area contributed by atoms with E-state index in [1.165, 1.54) is 23.7 Å². The number of hydrogen-bond donors (Lipinski definition) is 0. The summed E-state index contributed by atoms with van der Waals surface area (Å²) < 4.78 is 49.8. The summed E-state index contributed by atoms with van der Waals surface area (Å²) in [7, 11) is 3.02. The highest BCUT2D eigenvalue weighted by molar-refractivity contribution is 5.96. The standard InChI is InChI=1S/C25H22F3N3O3/c1-14-5-4-6-16(13-14)19-18-20(29(2)24(33)30(3)23(18)32)21-22(34-12-11-31(19)21)15-7-9-17(10-8-15)25(26,27)28/h4-10,13,22H,11-12H2,1-3H3/t22-/m0/s1. The average molecular weight is 469 g/mol. The Labute approximate surface area is 192 Å². The third-order valence-corrected chi connectivity index (χ3v) is 6.38. The number of benzene rings is 2. The summed E-state index contributed by atoms with van der Waals surface area (Å²) in [6.07, 6.45) is -5.19. The lowest BCUT2D eigenvalue weighted by Gasteiger charge is -2.28. The minimum atomic E-state index is -4.45. The quantitative estimate of drug-likeness (QED) is 0.443. The monoisotopic (exact) mass is 469 g/mol.